The molecule has 2 heterocycles. The molecule has 0 saturated heterocycles. The summed E-state index contributed by atoms with van der Waals surface area (Å²) < 4.78 is 0. The van der Waals surface area contributed by atoms with Crippen LogP contribution in [0.5, 0.6) is 0 Å². The maximum Gasteiger partial charge on any atom is 0.110 e. The highest BCUT2D eigenvalue weighted by atomic mass is 35.5. The SMILES string of the molecule is CC(c1cccs1)N1C=C(Cl)C=NC1. The number of hydrogen-bond acceptors (Lipinski definition) is 3. The number of nitrogens with zero attached hydrogens (tertiary/aromatic N) is 2. The van der Waals surface area contributed by atoms with Gasteiger partial charge in [0.25, 0.3) is 0 Å². The lowest BCUT2D eigenvalue weighted by molar-refractivity contribution is 0.309. The quantitative estimate of drug-likeness (QED) is 0.756. The van der Waals surface area contributed by atoms with Crippen LogP contribution in [-0.4, -0.2) is 17.8 Å². The summed E-state index contributed by atoms with van der Waals surface area (Å²) in [5, 5.41) is 2.78. The normalized spacial score (nSPS) is 18.1. The molecule has 0 spiro atoms. The van der Waals surface area contributed by atoms with Crippen LogP contribution in [0.3, 0.4) is 0 Å². The summed E-state index contributed by atoms with van der Waals surface area (Å²) in [5.74, 6) is 0. The molecule has 0 aliphatic carbocycles. The Balaban J connectivity index is 2.13. The lowest BCUT2D eigenvalue weighted by Gasteiger charge is -2.27. The van der Waals surface area contributed by atoms with Gasteiger partial charge in [0.2, 0.25) is 0 Å². The standard InChI is InChI=1S/C10H11ClN2S/c1-8(10-3-2-4-14-10)13-6-9(11)5-12-7-13/h2-6,8H,7H2,1H3. The molecule has 0 saturated carbocycles. The fourth-order valence-electron chi connectivity index (χ4n) is 1.38. The van der Waals surface area contributed by atoms with Crippen LogP contribution in [0.1, 0.15) is 17.8 Å². The minimum atomic E-state index is 0.348. The van der Waals surface area contributed by atoms with E-state index in [2.05, 4.69) is 34.3 Å². The van der Waals surface area contributed by atoms with Crippen LogP contribution in [0.4, 0.5) is 0 Å². The van der Waals surface area contributed by atoms with Gasteiger partial charge in [0, 0.05) is 17.3 Å². The molecule has 0 bridgehead atoms. The van der Waals surface area contributed by atoms with Crippen molar-refractivity contribution in [2.75, 3.05) is 6.67 Å². The van der Waals surface area contributed by atoms with Crippen LogP contribution in [0.15, 0.2) is 33.7 Å². The largest absolute Gasteiger partial charge is 0.349 e. The summed E-state index contributed by atoms with van der Waals surface area (Å²) in [6, 6.07) is 4.55. The Labute approximate surface area is 92.5 Å². The first-order valence-corrected chi connectivity index (χ1v) is 5.69. The van der Waals surface area contributed by atoms with Crippen molar-refractivity contribution >= 4 is 29.2 Å². The fraction of sp³-hybridized carbons (Fsp3) is 0.300. The van der Waals surface area contributed by atoms with Gasteiger partial charge in [0.15, 0.2) is 0 Å². The topological polar surface area (TPSA) is 15.6 Å². The molecule has 2 nitrogen and oxygen atoms in total. The molecule has 14 heavy (non-hydrogen) atoms. The van der Waals surface area contributed by atoms with E-state index in [0.29, 0.717) is 17.7 Å². The van der Waals surface area contributed by atoms with Crippen molar-refractivity contribution in [3.05, 3.63) is 33.6 Å². The molecule has 1 unspecified atom stereocenters. The zero-order valence-electron chi connectivity index (χ0n) is 7.85. The van der Waals surface area contributed by atoms with Crippen molar-refractivity contribution in [2.24, 2.45) is 4.99 Å². The number of hydrogen-bond donors (Lipinski definition) is 0. The average molecular weight is 227 g/mol. The molecular formula is C10H11ClN2S. The van der Waals surface area contributed by atoms with E-state index in [1.165, 1.54) is 4.88 Å². The van der Waals surface area contributed by atoms with E-state index in [-0.39, 0.29) is 0 Å². The van der Waals surface area contributed by atoms with Crippen LogP contribution in [-0.2, 0) is 0 Å². The van der Waals surface area contributed by atoms with Crippen molar-refractivity contribution in [1.82, 2.24) is 4.90 Å². The molecule has 0 aromatic carbocycles. The molecule has 1 atom stereocenters. The second-order valence-electron chi connectivity index (χ2n) is 3.17. The Morgan fingerprint density at radius 1 is 1.64 bits per heavy atom. The summed E-state index contributed by atoms with van der Waals surface area (Å²) in [6.45, 7) is 2.85. The highest BCUT2D eigenvalue weighted by molar-refractivity contribution is 7.10. The molecule has 74 valence electrons. The van der Waals surface area contributed by atoms with E-state index in [0.717, 1.165) is 0 Å². The molecule has 1 aromatic rings. The Morgan fingerprint density at radius 2 is 2.50 bits per heavy atom. The zero-order chi connectivity index (χ0) is 9.97. The van der Waals surface area contributed by atoms with Crippen molar-refractivity contribution in [1.29, 1.82) is 0 Å². The third-order valence-corrected chi connectivity index (χ3v) is 3.44. The van der Waals surface area contributed by atoms with Crippen molar-refractivity contribution in [3.63, 3.8) is 0 Å². The van der Waals surface area contributed by atoms with Gasteiger partial charge in [-0.15, -0.1) is 11.3 Å². The fourth-order valence-corrected chi connectivity index (χ4v) is 2.38. The third-order valence-electron chi connectivity index (χ3n) is 2.20. The maximum atomic E-state index is 5.89. The molecular weight excluding hydrogens is 216 g/mol. The number of allylic oxidation sites excluding steroid dienone is 1. The van der Waals surface area contributed by atoms with E-state index in [9.17, 15) is 0 Å². The summed E-state index contributed by atoms with van der Waals surface area (Å²) in [6.07, 6.45) is 3.64. The minimum Gasteiger partial charge on any atom is -0.349 e. The predicted octanol–water partition coefficient (Wildman–Crippen LogP) is 3.23. The number of aliphatic imine (C=N–C) groups is 1. The predicted molar refractivity (Wildman–Crippen MR) is 61.9 cm³/mol. The maximum absolute atomic E-state index is 5.89. The van der Waals surface area contributed by atoms with Crippen LogP contribution in [0.25, 0.3) is 0 Å². The average Bonchev–Trinajstić information content (AvgIpc) is 2.69. The Bertz CT molecular complexity index is 356. The molecule has 0 radical (unpaired) electrons. The van der Waals surface area contributed by atoms with Gasteiger partial charge in [-0.1, -0.05) is 17.7 Å². The van der Waals surface area contributed by atoms with Gasteiger partial charge in [-0.2, -0.15) is 0 Å². The van der Waals surface area contributed by atoms with Gasteiger partial charge >= 0.3 is 0 Å². The van der Waals surface area contributed by atoms with E-state index in [1.54, 1.807) is 17.6 Å². The minimum absolute atomic E-state index is 0.348. The molecule has 1 aliphatic rings. The first-order chi connectivity index (χ1) is 6.77. The van der Waals surface area contributed by atoms with Gasteiger partial charge in [-0.05, 0) is 18.4 Å². The molecule has 1 aromatic heterocycles. The molecule has 1 aliphatic heterocycles. The van der Waals surface area contributed by atoms with Crippen molar-refractivity contribution in [3.8, 4) is 0 Å². The van der Waals surface area contributed by atoms with E-state index in [4.69, 9.17) is 11.6 Å². The summed E-state index contributed by atoms with van der Waals surface area (Å²) in [5.41, 5.74) is 0. The van der Waals surface area contributed by atoms with E-state index < -0.39 is 0 Å². The molecule has 0 N–H and O–H groups in total. The second kappa shape index (κ2) is 4.15. The van der Waals surface area contributed by atoms with Crippen LogP contribution >= 0.6 is 22.9 Å². The number of thiophene rings is 1. The zero-order valence-corrected chi connectivity index (χ0v) is 9.42. The summed E-state index contributed by atoms with van der Waals surface area (Å²) in [4.78, 5) is 7.64. The van der Waals surface area contributed by atoms with E-state index >= 15 is 0 Å². The van der Waals surface area contributed by atoms with E-state index in [1.807, 2.05) is 6.20 Å². The second-order valence-corrected chi connectivity index (χ2v) is 4.59. The number of rotatable bonds is 2. The summed E-state index contributed by atoms with van der Waals surface area (Å²) in [7, 11) is 0. The lowest BCUT2D eigenvalue weighted by Crippen LogP contribution is -2.23. The van der Waals surface area contributed by atoms with Crippen molar-refractivity contribution in [2.45, 2.75) is 13.0 Å². The Kier molecular flexibility index (Phi) is 2.89. The van der Waals surface area contributed by atoms with Crippen LogP contribution in [0, 0.1) is 0 Å². The highest BCUT2D eigenvalue weighted by Gasteiger charge is 2.14. The first-order valence-electron chi connectivity index (χ1n) is 4.43. The molecule has 2 rings (SSSR count). The Hall–Kier alpha value is -0.800. The first kappa shape index (κ1) is 9.74. The van der Waals surface area contributed by atoms with Gasteiger partial charge in [0.05, 0.1) is 11.1 Å². The summed E-state index contributed by atoms with van der Waals surface area (Å²) >= 11 is 7.65. The van der Waals surface area contributed by atoms with Crippen LogP contribution in [0.2, 0.25) is 0 Å². The highest BCUT2D eigenvalue weighted by Crippen LogP contribution is 2.26. The van der Waals surface area contributed by atoms with Crippen molar-refractivity contribution < 1.29 is 0 Å². The molecule has 4 heteroatoms. The monoisotopic (exact) mass is 226 g/mol. The lowest BCUT2D eigenvalue weighted by atomic mass is 10.2. The third kappa shape index (κ3) is 1.99. The Morgan fingerprint density at radius 3 is 3.14 bits per heavy atom. The van der Waals surface area contributed by atoms with Gasteiger partial charge in [-0.25, -0.2) is 0 Å². The van der Waals surface area contributed by atoms with Gasteiger partial charge in [0.1, 0.15) is 6.67 Å². The van der Waals surface area contributed by atoms with Gasteiger partial charge in [-0.3, -0.25) is 4.99 Å². The smallest absolute Gasteiger partial charge is 0.110 e. The molecule has 0 amide bonds. The van der Waals surface area contributed by atoms with Gasteiger partial charge < -0.3 is 4.90 Å². The number of halogens is 1. The molecule has 0 fully saturated rings. The van der Waals surface area contributed by atoms with Crippen LogP contribution < -0.4 is 0 Å².